The molecule has 0 amide bonds. The zero-order valence-electron chi connectivity index (χ0n) is 6.35. The number of rotatable bonds is 5. The van der Waals surface area contributed by atoms with Gasteiger partial charge in [-0.1, -0.05) is 0 Å². The maximum absolute atomic E-state index is 8.43. The molecular weight excluding hydrogens is 114 g/mol. The van der Waals surface area contributed by atoms with Crippen LogP contribution in [0.5, 0.6) is 0 Å². The van der Waals surface area contributed by atoms with Gasteiger partial charge in [0.15, 0.2) is 0 Å². The first kappa shape index (κ1) is 8.92. The largest absolute Gasteiger partial charge is 0.396 e. The van der Waals surface area contributed by atoms with Gasteiger partial charge in [-0.3, -0.25) is 0 Å². The summed E-state index contributed by atoms with van der Waals surface area (Å²) in [6.07, 6.45) is 3.22. The fourth-order valence-corrected chi connectivity index (χ4v) is 0.707. The molecular formula is C7H17NO. The lowest BCUT2D eigenvalue weighted by molar-refractivity contribution is 0.280. The van der Waals surface area contributed by atoms with Crippen LogP contribution in [0.1, 0.15) is 26.2 Å². The first-order chi connectivity index (χ1) is 4.31. The number of unbranched alkanes of at least 4 members (excludes halogenated alkanes) is 1. The Hall–Kier alpha value is -0.0800. The molecule has 0 bridgehead atoms. The van der Waals surface area contributed by atoms with Crippen molar-refractivity contribution in [2.45, 2.75) is 32.2 Å². The molecule has 0 fully saturated rings. The molecule has 1 unspecified atom stereocenters. The Bertz CT molecular complexity index is 56.9. The van der Waals surface area contributed by atoms with E-state index < -0.39 is 0 Å². The summed E-state index contributed by atoms with van der Waals surface area (Å²) in [7, 11) is 1.96. The summed E-state index contributed by atoms with van der Waals surface area (Å²) in [6, 6.07) is 0.594. The Morgan fingerprint density at radius 3 is 2.56 bits per heavy atom. The topological polar surface area (TPSA) is 32.3 Å². The van der Waals surface area contributed by atoms with Crippen LogP contribution in [-0.2, 0) is 0 Å². The fourth-order valence-electron chi connectivity index (χ4n) is 0.707. The second-order valence-corrected chi connectivity index (χ2v) is 2.41. The summed E-state index contributed by atoms with van der Waals surface area (Å²) in [5.74, 6) is 0. The molecule has 56 valence electrons. The molecule has 0 spiro atoms. The zero-order valence-corrected chi connectivity index (χ0v) is 6.35. The molecule has 0 aliphatic carbocycles. The molecule has 9 heavy (non-hydrogen) atoms. The minimum absolute atomic E-state index is 0.330. The van der Waals surface area contributed by atoms with E-state index in [-0.39, 0.29) is 0 Å². The monoisotopic (exact) mass is 131 g/mol. The lowest BCUT2D eigenvalue weighted by atomic mass is 10.1. The molecule has 0 aromatic heterocycles. The molecule has 0 radical (unpaired) electrons. The molecule has 0 saturated carbocycles. The van der Waals surface area contributed by atoms with Crippen LogP contribution in [-0.4, -0.2) is 24.8 Å². The molecule has 0 aromatic carbocycles. The maximum atomic E-state index is 8.43. The Morgan fingerprint density at radius 1 is 1.44 bits per heavy atom. The molecule has 1 atom stereocenters. The predicted octanol–water partition coefficient (Wildman–Crippen LogP) is 0.757. The van der Waals surface area contributed by atoms with Gasteiger partial charge in [0.25, 0.3) is 0 Å². The van der Waals surface area contributed by atoms with E-state index in [1.165, 1.54) is 0 Å². The Morgan fingerprint density at radius 2 is 2.11 bits per heavy atom. The van der Waals surface area contributed by atoms with E-state index in [4.69, 9.17) is 5.11 Å². The van der Waals surface area contributed by atoms with Crippen LogP contribution < -0.4 is 5.32 Å². The van der Waals surface area contributed by atoms with Gasteiger partial charge in [-0.05, 0) is 33.2 Å². The Kier molecular flexibility index (Phi) is 5.99. The van der Waals surface area contributed by atoms with Gasteiger partial charge >= 0.3 is 0 Å². The van der Waals surface area contributed by atoms with Gasteiger partial charge in [-0.2, -0.15) is 0 Å². The Balaban J connectivity index is 2.88. The van der Waals surface area contributed by atoms with Crippen LogP contribution in [0.2, 0.25) is 0 Å². The summed E-state index contributed by atoms with van der Waals surface area (Å²) < 4.78 is 0. The van der Waals surface area contributed by atoms with Crippen molar-refractivity contribution >= 4 is 0 Å². The van der Waals surface area contributed by atoms with Gasteiger partial charge in [-0.15, -0.1) is 0 Å². The molecule has 0 rings (SSSR count). The number of hydrogen-bond donors (Lipinski definition) is 2. The van der Waals surface area contributed by atoms with Crippen LogP contribution in [0, 0.1) is 0 Å². The maximum Gasteiger partial charge on any atom is 0.0431 e. The standard InChI is InChI=1S/C7H17NO/c1-7(8-2)5-3-4-6-9/h7-9H,3-6H2,1-2H3. The van der Waals surface area contributed by atoms with Crippen molar-refractivity contribution in [3.05, 3.63) is 0 Å². The molecule has 2 heteroatoms. The molecule has 0 aliphatic rings. The van der Waals surface area contributed by atoms with Crippen molar-refractivity contribution in [1.29, 1.82) is 0 Å². The number of aliphatic hydroxyl groups is 1. The van der Waals surface area contributed by atoms with E-state index in [9.17, 15) is 0 Å². The van der Waals surface area contributed by atoms with E-state index in [2.05, 4.69) is 12.2 Å². The fraction of sp³-hybridized carbons (Fsp3) is 1.00. The minimum atomic E-state index is 0.330. The lowest BCUT2D eigenvalue weighted by Gasteiger charge is -2.07. The van der Waals surface area contributed by atoms with Gasteiger partial charge in [0.2, 0.25) is 0 Å². The first-order valence-corrected chi connectivity index (χ1v) is 3.59. The van der Waals surface area contributed by atoms with Crippen molar-refractivity contribution in [2.24, 2.45) is 0 Å². The third-order valence-corrected chi connectivity index (χ3v) is 1.54. The highest BCUT2D eigenvalue weighted by atomic mass is 16.2. The van der Waals surface area contributed by atoms with Crippen LogP contribution in [0.25, 0.3) is 0 Å². The van der Waals surface area contributed by atoms with E-state index in [0.29, 0.717) is 12.6 Å². The SMILES string of the molecule is CNC(C)CCCCO. The quantitative estimate of drug-likeness (QED) is 0.540. The zero-order chi connectivity index (χ0) is 7.11. The molecule has 2 N–H and O–H groups in total. The van der Waals surface area contributed by atoms with Crippen LogP contribution in [0.15, 0.2) is 0 Å². The average molecular weight is 131 g/mol. The number of nitrogens with one attached hydrogen (secondary N) is 1. The molecule has 2 nitrogen and oxygen atoms in total. The minimum Gasteiger partial charge on any atom is -0.396 e. The second kappa shape index (κ2) is 6.05. The van der Waals surface area contributed by atoms with E-state index >= 15 is 0 Å². The molecule has 0 aromatic rings. The van der Waals surface area contributed by atoms with Crippen molar-refractivity contribution in [1.82, 2.24) is 5.32 Å². The summed E-state index contributed by atoms with van der Waals surface area (Å²) >= 11 is 0. The van der Waals surface area contributed by atoms with Crippen molar-refractivity contribution in [2.75, 3.05) is 13.7 Å². The molecule has 0 saturated heterocycles. The van der Waals surface area contributed by atoms with Crippen LogP contribution in [0.3, 0.4) is 0 Å². The second-order valence-electron chi connectivity index (χ2n) is 2.41. The highest BCUT2D eigenvalue weighted by Gasteiger charge is 1.95. The van der Waals surface area contributed by atoms with E-state index in [1.807, 2.05) is 7.05 Å². The molecule has 0 aliphatic heterocycles. The number of hydrogen-bond acceptors (Lipinski definition) is 2. The van der Waals surface area contributed by atoms with Crippen molar-refractivity contribution < 1.29 is 5.11 Å². The highest BCUT2D eigenvalue weighted by molar-refractivity contribution is 4.55. The van der Waals surface area contributed by atoms with Crippen molar-refractivity contribution in [3.63, 3.8) is 0 Å². The van der Waals surface area contributed by atoms with Gasteiger partial charge < -0.3 is 10.4 Å². The average Bonchev–Trinajstić information content (AvgIpc) is 1.89. The first-order valence-electron chi connectivity index (χ1n) is 3.59. The van der Waals surface area contributed by atoms with Crippen LogP contribution >= 0.6 is 0 Å². The normalized spacial score (nSPS) is 13.7. The van der Waals surface area contributed by atoms with Crippen LogP contribution in [0.4, 0.5) is 0 Å². The third-order valence-electron chi connectivity index (χ3n) is 1.54. The summed E-state index contributed by atoms with van der Waals surface area (Å²) in [5.41, 5.74) is 0. The lowest BCUT2D eigenvalue weighted by Crippen LogP contribution is -2.20. The summed E-state index contributed by atoms with van der Waals surface area (Å²) in [6.45, 7) is 2.48. The summed E-state index contributed by atoms with van der Waals surface area (Å²) in [4.78, 5) is 0. The van der Waals surface area contributed by atoms with Gasteiger partial charge in [-0.25, -0.2) is 0 Å². The summed E-state index contributed by atoms with van der Waals surface area (Å²) in [5, 5.41) is 11.6. The highest BCUT2D eigenvalue weighted by Crippen LogP contribution is 1.97. The third kappa shape index (κ3) is 5.80. The Labute approximate surface area is 57.3 Å². The van der Waals surface area contributed by atoms with Gasteiger partial charge in [0.1, 0.15) is 0 Å². The predicted molar refractivity (Wildman–Crippen MR) is 39.5 cm³/mol. The van der Waals surface area contributed by atoms with E-state index in [1.54, 1.807) is 0 Å². The van der Waals surface area contributed by atoms with Crippen molar-refractivity contribution in [3.8, 4) is 0 Å². The number of aliphatic hydroxyl groups excluding tert-OH is 1. The molecule has 0 heterocycles. The van der Waals surface area contributed by atoms with Gasteiger partial charge in [0.05, 0.1) is 0 Å². The van der Waals surface area contributed by atoms with E-state index in [0.717, 1.165) is 19.3 Å². The smallest absolute Gasteiger partial charge is 0.0431 e. The van der Waals surface area contributed by atoms with Gasteiger partial charge in [0, 0.05) is 12.6 Å².